The van der Waals surface area contributed by atoms with Crippen LogP contribution in [0.4, 0.5) is 5.69 Å². The van der Waals surface area contributed by atoms with Crippen LogP contribution in [0.5, 0.6) is 0 Å². The van der Waals surface area contributed by atoms with Gasteiger partial charge in [0.25, 0.3) is 0 Å². The molecule has 0 saturated carbocycles. The zero-order valence-electron chi connectivity index (χ0n) is 18.7. The van der Waals surface area contributed by atoms with Crippen molar-refractivity contribution in [2.45, 2.75) is 46.1 Å². The van der Waals surface area contributed by atoms with Crippen molar-refractivity contribution in [1.29, 1.82) is 5.26 Å². The number of aliphatic carboxylic acids is 1. The van der Waals surface area contributed by atoms with Crippen LogP contribution in [0.25, 0.3) is 0 Å². The molecule has 2 aliphatic heterocycles. The third-order valence-electron chi connectivity index (χ3n) is 7.06. The molecule has 0 unspecified atom stereocenters. The number of hydrogen-bond donors (Lipinski definition) is 1. The number of hydrogen-bond acceptors (Lipinski definition) is 4. The Morgan fingerprint density at radius 1 is 1.10 bits per heavy atom. The van der Waals surface area contributed by atoms with Crippen molar-refractivity contribution >= 4 is 11.7 Å². The third-order valence-corrected chi connectivity index (χ3v) is 7.06. The lowest BCUT2D eigenvalue weighted by molar-refractivity contribution is -0.143. The van der Waals surface area contributed by atoms with E-state index in [1.54, 1.807) is 0 Å². The first-order chi connectivity index (χ1) is 14.9. The summed E-state index contributed by atoms with van der Waals surface area (Å²) in [5, 5.41) is 18.7. The number of likely N-dealkylation sites (tertiary alicyclic amines) is 1. The Bertz CT molecular complexity index is 1000. The topological polar surface area (TPSA) is 67.6 Å². The van der Waals surface area contributed by atoms with E-state index in [0.29, 0.717) is 5.92 Å². The minimum absolute atomic E-state index is 0.183. The van der Waals surface area contributed by atoms with Gasteiger partial charge in [0.15, 0.2) is 0 Å². The first-order valence-electron chi connectivity index (χ1n) is 11.2. The first-order valence-corrected chi connectivity index (χ1v) is 11.2. The smallest absolute Gasteiger partial charge is 0.306 e. The molecule has 2 aliphatic rings. The molecular weight excluding hydrogens is 386 g/mol. The highest BCUT2D eigenvalue weighted by molar-refractivity contribution is 5.70. The molecule has 5 heteroatoms. The van der Waals surface area contributed by atoms with Crippen LogP contribution in [-0.2, 0) is 11.3 Å². The van der Waals surface area contributed by atoms with E-state index in [0.717, 1.165) is 62.4 Å². The molecule has 1 N–H and O–H groups in total. The minimum atomic E-state index is -0.654. The Labute approximate surface area is 184 Å². The summed E-state index contributed by atoms with van der Waals surface area (Å²) in [6.07, 6.45) is 1.49. The molecule has 2 aromatic carbocycles. The van der Waals surface area contributed by atoms with Gasteiger partial charge in [-0.2, -0.15) is 5.26 Å². The number of carbonyl (C=O) groups is 1. The van der Waals surface area contributed by atoms with Crippen molar-refractivity contribution in [3.63, 3.8) is 0 Å². The molecule has 0 atom stereocenters. The summed E-state index contributed by atoms with van der Waals surface area (Å²) in [4.78, 5) is 15.9. The Balaban J connectivity index is 1.42. The molecule has 2 heterocycles. The van der Waals surface area contributed by atoms with Crippen LogP contribution in [0, 0.1) is 38.0 Å². The molecule has 2 fully saturated rings. The number of carboxylic acids is 1. The number of aryl methyl sites for hydroxylation is 3. The maximum absolute atomic E-state index is 11.2. The van der Waals surface area contributed by atoms with Crippen molar-refractivity contribution < 1.29 is 9.90 Å². The van der Waals surface area contributed by atoms with Gasteiger partial charge < -0.3 is 10.0 Å². The molecular formula is C26H31N3O2. The summed E-state index contributed by atoms with van der Waals surface area (Å²) in [6.45, 7) is 11.0. The number of nitriles is 1. The number of benzene rings is 2. The molecule has 2 aromatic rings. The summed E-state index contributed by atoms with van der Waals surface area (Å²) in [5.74, 6) is -0.348. The van der Waals surface area contributed by atoms with Crippen LogP contribution in [0.2, 0.25) is 0 Å². The zero-order valence-corrected chi connectivity index (χ0v) is 18.7. The number of para-hydroxylation sites is 1. The number of nitrogens with zero attached hydrogens (tertiary/aromatic N) is 3. The molecule has 0 amide bonds. The lowest BCUT2D eigenvalue weighted by Crippen LogP contribution is -2.45. The van der Waals surface area contributed by atoms with Gasteiger partial charge in [-0.15, -0.1) is 0 Å². The average Bonchev–Trinajstić information content (AvgIpc) is 2.71. The predicted octanol–water partition coefficient (Wildman–Crippen LogP) is 4.38. The van der Waals surface area contributed by atoms with Crippen LogP contribution in [0.3, 0.4) is 0 Å². The lowest BCUT2D eigenvalue weighted by atomic mass is 9.86. The summed E-state index contributed by atoms with van der Waals surface area (Å²) in [6, 6.07) is 12.9. The third kappa shape index (κ3) is 4.31. The van der Waals surface area contributed by atoms with Gasteiger partial charge in [0.1, 0.15) is 6.07 Å². The van der Waals surface area contributed by atoms with Crippen LogP contribution in [0.1, 0.15) is 52.1 Å². The van der Waals surface area contributed by atoms with Crippen LogP contribution in [-0.4, -0.2) is 42.2 Å². The van der Waals surface area contributed by atoms with Crippen LogP contribution >= 0.6 is 0 Å². The highest BCUT2D eigenvalue weighted by Crippen LogP contribution is 2.36. The monoisotopic (exact) mass is 417 g/mol. The first kappa shape index (κ1) is 21.4. The van der Waals surface area contributed by atoms with Gasteiger partial charge in [-0.05, 0) is 80.6 Å². The summed E-state index contributed by atoms with van der Waals surface area (Å²) < 4.78 is 0. The standard InChI is InChI=1S/C26H31N3O2/c1-17-5-4-6-21(13-27)25(17)29-14-23(15-29)22-11-18(2)24(19(3)12-22)16-28-9-7-20(8-10-28)26(30)31/h4-6,11-12,20,23H,7-10,14-16H2,1-3H3,(H,30,31). The SMILES string of the molecule is Cc1cc(C2CN(c3c(C)cccc3C#N)C2)cc(C)c1CN1CCC(C(=O)O)CC1. The van der Waals surface area contributed by atoms with Crippen molar-refractivity contribution in [2.75, 3.05) is 31.1 Å². The molecule has 0 bridgehead atoms. The van der Waals surface area contributed by atoms with Crippen LogP contribution < -0.4 is 4.90 Å². The molecule has 0 radical (unpaired) electrons. The summed E-state index contributed by atoms with van der Waals surface area (Å²) in [7, 11) is 0. The quantitative estimate of drug-likeness (QED) is 0.782. The summed E-state index contributed by atoms with van der Waals surface area (Å²) >= 11 is 0. The fraction of sp³-hybridized carbons (Fsp3) is 0.462. The second kappa shape index (κ2) is 8.72. The van der Waals surface area contributed by atoms with Crippen LogP contribution in [0.15, 0.2) is 30.3 Å². The van der Waals surface area contributed by atoms with Gasteiger partial charge in [-0.3, -0.25) is 9.69 Å². The fourth-order valence-corrected chi connectivity index (χ4v) is 5.11. The Morgan fingerprint density at radius 3 is 2.32 bits per heavy atom. The van der Waals surface area contributed by atoms with E-state index < -0.39 is 5.97 Å². The number of anilines is 1. The van der Waals surface area contributed by atoms with Gasteiger partial charge in [-0.1, -0.05) is 24.3 Å². The van der Waals surface area contributed by atoms with E-state index in [9.17, 15) is 15.2 Å². The highest BCUT2D eigenvalue weighted by Gasteiger charge is 2.31. The Morgan fingerprint density at radius 2 is 1.74 bits per heavy atom. The minimum Gasteiger partial charge on any atom is -0.481 e. The normalized spacial score (nSPS) is 17.9. The van der Waals surface area contributed by atoms with E-state index >= 15 is 0 Å². The average molecular weight is 418 g/mol. The van der Waals surface area contributed by atoms with E-state index in [1.165, 1.54) is 22.3 Å². The number of piperidine rings is 1. The lowest BCUT2D eigenvalue weighted by Gasteiger charge is -2.43. The van der Waals surface area contributed by atoms with Gasteiger partial charge in [0, 0.05) is 25.6 Å². The predicted molar refractivity (Wildman–Crippen MR) is 122 cm³/mol. The van der Waals surface area contributed by atoms with Gasteiger partial charge in [0.2, 0.25) is 0 Å². The van der Waals surface area contributed by atoms with E-state index in [2.05, 4.69) is 54.8 Å². The van der Waals surface area contributed by atoms with Gasteiger partial charge >= 0.3 is 5.97 Å². The number of rotatable bonds is 5. The van der Waals surface area contributed by atoms with Gasteiger partial charge in [0.05, 0.1) is 17.2 Å². The van der Waals surface area contributed by atoms with E-state index in [-0.39, 0.29) is 5.92 Å². The molecule has 0 aromatic heterocycles. The fourth-order valence-electron chi connectivity index (χ4n) is 5.11. The second-order valence-electron chi connectivity index (χ2n) is 9.21. The highest BCUT2D eigenvalue weighted by atomic mass is 16.4. The van der Waals surface area contributed by atoms with Crippen molar-refractivity contribution in [3.8, 4) is 6.07 Å². The molecule has 0 aliphatic carbocycles. The van der Waals surface area contributed by atoms with Crippen molar-refractivity contribution in [2.24, 2.45) is 5.92 Å². The molecule has 31 heavy (non-hydrogen) atoms. The zero-order chi connectivity index (χ0) is 22.1. The maximum atomic E-state index is 11.2. The molecule has 4 rings (SSSR count). The van der Waals surface area contributed by atoms with E-state index in [1.807, 2.05) is 12.1 Å². The van der Waals surface area contributed by atoms with E-state index in [4.69, 9.17) is 0 Å². The maximum Gasteiger partial charge on any atom is 0.306 e. The van der Waals surface area contributed by atoms with Crippen molar-refractivity contribution in [3.05, 3.63) is 63.7 Å². The Hall–Kier alpha value is -2.84. The molecule has 2 saturated heterocycles. The van der Waals surface area contributed by atoms with Gasteiger partial charge in [-0.25, -0.2) is 0 Å². The molecule has 162 valence electrons. The summed E-state index contributed by atoms with van der Waals surface area (Å²) in [5.41, 5.74) is 8.40. The van der Waals surface area contributed by atoms with Crippen molar-refractivity contribution in [1.82, 2.24) is 4.90 Å². The number of carboxylic acid groups (broad SMARTS) is 1. The second-order valence-corrected chi connectivity index (χ2v) is 9.21. The molecule has 0 spiro atoms. The largest absolute Gasteiger partial charge is 0.481 e. The molecule has 5 nitrogen and oxygen atoms in total. The Kier molecular flexibility index (Phi) is 6.02.